The lowest BCUT2D eigenvalue weighted by molar-refractivity contribution is 0.0963. The first-order valence-corrected chi connectivity index (χ1v) is 12.0. The molecule has 1 fully saturated rings. The fraction of sp³-hybridized carbons (Fsp3) is 0.214. The lowest BCUT2D eigenvalue weighted by atomic mass is 9.96. The summed E-state index contributed by atoms with van der Waals surface area (Å²) in [6, 6.07) is 18.8. The van der Waals surface area contributed by atoms with Crippen molar-refractivity contribution in [2.75, 3.05) is 29.9 Å². The predicted octanol–water partition coefficient (Wildman–Crippen LogP) is 3.66. The quantitative estimate of drug-likeness (QED) is 0.456. The average molecular weight is 497 g/mol. The third-order valence-corrected chi connectivity index (χ3v) is 6.84. The molecule has 0 spiro atoms. The van der Waals surface area contributed by atoms with E-state index in [1.165, 1.54) is 15.6 Å². The molecule has 5 rings (SSSR count). The van der Waals surface area contributed by atoms with E-state index in [0.717, 1.165) is 33.6 Å². The number of carbonyl (C=O) groups excluding carboxylic acids is 2. The molecule has 3 amide bonds. The number of carbonyl (C=O) groups is 2. The second-order valence-electron chi connectivity index (χ2n) is 9.07. The molecule has 188 valence electrons. The van der Waals surface area contributed by atoms with Crippen LogP contribution in [0.3, 0.4) is 0 Å². The molecule has 3 aromatic carbocycles. The maximum Gasteiger partial charge on any atom is 0.350 e. The molecular formula is C28H28N6O3. The van der Waals surface area contributed by atoms with Gasteiger partial charge in [-0.15, -0.1) is 0 Å². The molecule has 0 radical (unpaired) electrons. The van der Waals surface area contributed by atoms with Gasteiger partial charge in [0, 0.05) is 38.4 Å². The normalized spacial score (nSPS) is 13.4. The van der Waals surface area contributed by atoms with Crippen LogP contribution in [-0.2, 0) is 7.05 Å². The first-order valence-electron chi connectivity index (χ1n) is 12.0. The highest BCUT2D eigenvalue weighted by atomic mass is 16.2. The number of rotatable bonds is 5. The summed E-state index contributed by atoms with van der Waals surface area (Å²) < 4.78 is 2.78. The van der Waals surface area contributed by atoms with Crippen LogP contribution in [0.1, 0.15) is 21.5 Å². The number of aryl methyl sites for hydroxylation is 2. The van der Waals surface area contributed by atoms with Crippen molar-refractivity contribution < 1.29 is 9.59 Å². The summed E-state index contributed by atoms with van der Waals surface area (Å²) in [7, 11) is 3.20. The minimum Gasteiger partial charge on any atom is -0.355 e. The number of aromatic nitrogens is 3. The first kappa shape index (κ1) is 24.1. The second-order valence-corrected chi connectivity index (χ2v) is 9.07. The summed E-state index contributed by atoms with van der Waals surface area (Å²) >= 11 is 0. The zero-order valence-corrected chi connectivity index (χ0v) is 21.2. The number of benzene rings is 3. The predicted molar refractivity (Wildman–Crippen MR) is 144 cm³/mol. The molecule has 1 aromatic heterocycles. The van der Waals surface area contributed by atoms with Crippen LogP contribution in [0.2, 0.25) is 0 Å². The molecule has 0 saturated carbocycles. The van der Waals surface area contributed by atoms with E-state index >= 15 is 0 Å². The van der Waals surface area contributed by atoms with E-state index in [0.29, 0.717) is 24.3 Å². The summed E-state index contributed by atoms with van der Waals surface area (Å²) in [6.45, 7) is 5.09. The Balaban J connectivity index is 1.46. The van der Waals surface area contributed by atoms with Crippen molar-refractivity contribution in [3.05, 3.63) is 94.2 Å². The molecule has 1 saturated heterocycles. The Morgan fingerprint density at radius 2 is 1.65 bits per heavy atom. The molecule has 4 aromatic rings. The van der Waals surface area contributed by atoms with Crippen LogP contribution in [0.5, 0.6) is 0 Å². The van der Waals surface area contributed by atoms with Gasteiger partial charge in [0.2, 0.25) is 0 Å². The SMILES string of the molecule is CNC(=O)c1cccc(N2CCN(c3c(C)ccc(-c4ccc(-n5cnn(C)c5=O)cc4)c3C)C2=O)c1. The molecule has 9 heteroatoms. The number of amides is 3. The molecule has 1 N–H and O–H groups in total. The van der Waals surface area contributed by atoms with Gasteiger partial charge in [-0.1, -0.05) is 30.3 Å². The number of hydrogen-bond donors (Lipinski definition) is 1. The van der Waals surface area contributed by atoms with Gasteiger partial charge in [-0.25, -0.2) is 18.8 Å². The summed E-state index contributed by atoms with van der Waals surface area (Å²) in [5.74, 6) is -0.191. The van der Waals surface area contributed by atoms with Crippen LogP contribution in [-0.4, -0.2) is 46.4 Å². The molecule has 37 heavy (non-hydrogen) atoms. The zero-order chi connectivity index (χ0) is 26.3. The molecular weight excluding hydrogens is 468 g/mol. The molecule has 9 nitrogen and oxygen atoms in total. The molecule has 1 aliphatic heterocycles. The van der Waals surface area contributed by atoms with Crippen molar-refractivity contribution >= 4 is 23.3 Å². The van der Waals surface area contributed by atoms with Crippen molar-refractivity contribution in [1.29, 1.82) is 0 Å². The summed E-state index contributed by atoms with van der Waals surface area (Å²) in [5.41, 5.74) is 6.63. The van der Waals surface area contributed by atoms with Crippen molar-refractivity contribution in [3.8, 4) is 16.8 Å². The molecule has 0 atom stereocenters. The number of hydrogen-bond acceptors (Lipinski definition) is 4. The van der Waals surface area contributed by atoms with E-state index < -0.39 is 0 Å². The Hall–Kier alpha value is -4.66. The molecule has 0 bridgehead atoms. The Morgan fingerprint density at radius 1 is 0.919 bits per heavy atom. The Bertz CT molecular complexity index is 1570. The van der Waals surface area contributed by atoms with Crippen LogP contribution in [0.15, 0.2) is 71.8 Å². The van der Waals surface area contributed by atoms with Gasteiger partial charge in [-0.3, -0.25) is 14.6 Å². The summed E-state index contributed by atoms with van der Waals surface area (Å²) in [4.78, 5) is 41.4. The lowest BCUT2D eigenvalue weighted by Crippen LogP contribution is -2.32. The van der Waals surface area contributed by atoms with Gasteiger partial charge in [0.15, 0.2) is 0 Å². The van der Waals surface area contributed by atoms with Crippen LogP contribution in [0, 0.1) is 13.8 Å². The monoisotopic (exact) mass is 496 g/mol. The third kappa shape index (κ3) is 4.18. The van der Waals surface area contributed by atoms with Crippen LogP contribution >= 0.6 is 0 Å². The fourth-order valence-electron chi connectivity index (χ4n) is 4.87. The zero-order valence-electron chi connectivity index (χ0n) is 21.2. The van der Waals surface area contributed by atoms with E-state index in [4.69, 9.17) is 0 Å². The number of nitrogens with one attached hydrogen (secondary N) is 1. The van der Waals surface area contributed by atoms with Gasteiger partial charge in [0.05, 0.1) is 11.4 Å². The van der Waals surface area contributed by atoms with Gasteiger partial charge in [0.1, 0.15) is 6.33 Å². The number of anilines is 2. The number of nitrogens with zero attached hydrogens (tertiary/aromatic N) is 5. The Kier molecular flexibility index (Phi) is 6.12. The number of urea groups is 1. The van der Waals surface area contributed by atoms with Crippen molar-refractivity contribution in [2.24, 2.45) is 7.05 Å². The minimum atomic E-state index is -0.209. The third-order valence-electron chi connectivity index (χ3n) is 6.84. The van der Waals surface area contributed by atoms with Crippen molar-refractivity contribution in [2.45, 2.75) is 13.8 Å². The molecule has 2 heterocycles. The highest BCUT2D eigenvalue weighted by Gasteiger charge is 2.33. The van der Waals surface area contributed by atoms with Crippen LogP contribution in [0.4, 0.5) is 16.2 Å². The Morgan fingerprint density at radius 3 is 2.32 bits per heavy atom. The van der Waals surface area contributed by atoms with Crippen molar-refractivity contribution in [3.63, 3.8) is 0 Å². The minimum absolute atomic E-state index is 0.122. The fourth-order valence-corrected chi connectivity index (χ4v) is 4.87. The van der Waals surface area contributed by atoms with E-state index in [9.17, 15) is 14.4 Å². The topological polar surface area (TPSA) is 92.5 Å². The largest absolute Gasteiger partial charge is 0.355 e. The highest BCUT2D eigenvalue weighted by molar-refractivity contribution is 6.08. The van der Waals surface area contributed by atoms with Crippen molar-refractivity contribution in [1.82, 2.24) is 19.7 Å². The first-order chi connectivity index (χ1) is 17.8. The Labute approximate surface area is 214 Å². The van der Waals surface area contributed by atoms with Gasteiger partial charge in [-0.05, 0) is 66.4 Å². The molecule has 0 unspecified atom stereocenters. The molecule has 1 aliphatic rings. The highest BCUT2D eigenvalue weighted by Crippen LogP contribution is 2.36. The van der Waals surface area contributed by atoms with Gasteiger partial charge < -0.3 is 5.32 Å². The standard InChI is InChI=1S/C28H28N6O3/c1-18-8-13-24(20-9-11-22(12-10-20)34-17-30-31(4)27(34)36)19(2)25(18)33-15-14-32(28(33)37)23-7-5-6-21(16-23)26(35)29-3/h5-13,16-17H,14-15H2,1-4H3,(H,29,35). The average Bonchev–Trinajstić information content (AvgIpc) is 3.45. The second kappa shape index (κ2) is 9.42. The maximum atomic E-state index is 13.6. The smallest absolute Gasteiger partial charge is 0.350 e. The van der Waals surface area contributed by atoms with Gasteiger partial charge in [0.25, 0.3) is 5.91 Å². The van der Waals surface area contributed by atoms with E-state index in [-0.39, 0.29) is 17.6 Å². The lowest BCUT2D eigenvalue weighted by Gasteiger charge is -2.24. The van der Waals surface area contributed by atoms with E-state index in [1.54, 1.807) is 37.2 Å². The van der Waals surface area contributed by atoms with E-state index in [2.05, 4.69) is 16.5 Å². The van der Waals surface area contributed by atoms with Crippen LogP contribution in [0.25, 0.3) is 16.8 Å². The van der Waals surface area contributed by atoms with Crippen LogP contribution < -0.4 is 20.8 Å². The van der Waals surface area contributed by atoms with E-state index in [1.807, 2.05) is 55.1 Å². The summed E-state index contributed by atoms with van der Waals surface area (Å²) in [6.07, 6.45) is 1.50. The van der Waals surface area contributed by atoms with Gasteiger partial charge >= 0.3 is 11.7 Å². The summed E-state index contributed by atoms with van der Waals surface area (Å²) in [5, 5.41) is 6.64. The molecule has 0 aliphatic carbocycles. The van der Waals surface area contributed by atoms with Gasteiger partial charge in [-0.2, -0.15) is 5.10 Å². The maximum absolute atomic E-state index is 13.6.